The van der Waals surface area contributed by atoms with E-state index in [-0.39, 0.29) is 35.3 Å². The van der Waals surface area contributed by atoms with Crippen molar-refractivity contribution in [1.29, 1.82) is 0 Å². The van der Waals surface area contributed by atoms with Crippen molar-refractivity contribution >= 4 is 34.9 Å². The maximum atomic E-state index is 11.5. The molecule has 0 aliphatic heterocycles. The van der Waals surface area contributed by atoms with Crippen molar-refractivity contribution in [2.45, 2.75) is 19.3 Å². The number of carbonyl (C=O) groups excluding carboxylic acids is 2. The zero-order valence-corrected chi connectivity index (χ0v) is 10.6. The predicted molar refractivity (Wildman–Crippen MR) is 65.8 cm³/mol. The average Bonchev–Trinajstić information content (AvgIpc) is 2.76. The number of methoxy groups -OCH3 is 1. The molecule has 0 radical (unpaired) electrons. The summed E-state index contributed by atoms with van der Waals surface area (Å²) >= 11 is 1.04. The van der Waals surface area contributed by atoms with Gasteiger partial charge in [-0.25, -0.2) is 4.79 Å². The van der Waals surface area contributed by atoms with Crippen LogP contribution in [0.5, 0.6) is 0 Å². The average molecular weight is 271 g/mol. The van der Waals surface area contributed by atoms with Crippen molar-refractivity contribution in [2.24, 2.45) is 0 Å². The number of carboxylic acids is 1. The Morgan fingerprint density at radius 2 is 2.11 bits per heavy atom. The van der Waals surface area contributed by atoms with E-state index in [2.05, 4.69) is 10.1 Å². The van der Waals surface area contributed by atoms with Gasteiger partial charge < -0.3 is 15.2 Å². The molecule has 0 aliphatic rings. The lowest BCUT2D eigenvalue weighted by molar-refractivity contribution is -0.140. The van der Waals surface area contributed by atoms with E-state index in [0.29, 0.717) is 6.42 Å². The maximum Gasteiger partial charge on any atom is 0.348 e. The van der Waals surface area contributed by atoms with Gasteiger partial charge in [0.25, 0.3) is 0 Å². The summed E-state index contributed by atoms with van der Waals surface area (Å²) in [5.74, 6) is -1.76. The Balaban J connectivity index is 2.42. The third kappa shape index (κ3) is 4.17. The van der Waals surface area contributed by atoms with E-state index in [0.717, 1.165) is 11.3 Å². The molecular weight excluding hydrogens is 258 g/mol. The summed E-state index contributed by atoms with van der Waals surface area (Å²) in [7, 11) is 1.28. The number of thiophene rings is 1. The van der Waals surface area contributed by atoms with Crippen LogP contribution in [-0.4, -0.2) is 30.1 Å². The van der Waals surface area contributed by atoms with Crippen LogP contribution in [0.2, 0.25) is 0 Å². The van der Waals surface area contributed by atoms with Crippen molar-refractivity contribution in [3.63, 3.8) is 0 Å². The Bertz CT molecular complexity index is 454. The highest BCUT2D eigenvalue weighted by molar-refractivity contribution is 7.12. The quantitative estimate of drug-likeness (QED) is 0.768. The molecular formula is C11H13NO5S. The summed E-state index contributed by atoms with van der Waals surface area (Å²) in [5, 5.41) is 12.9. The van der Waals surface area contributed by atoms with Gasteiger partial charge in [0, 0.05) is 12.8 Å². The van der Waals surface area contributed by atoms with Gasteiger partial charge in [0.2, 0.25) is 5.91 Å². The number of esters is 1. The summed E-state index contributed by atoms with van der Waals surface area (Å²) in [6, 6.07) is 1.53. The molecule has 1 amide bonds. The van der Waals surface area contributed by atoms with E-state index >= 15 is 0 Å². The first kappa shape index (κ1) is 14.2. The molecule has 0 fully saturated rings. The third-order valence-corrected chi connectivity index (χ3v) is 3.05. The highest BCUT2D eigenvalue weighted by Crippen LogP contribution is 2.22. The molecule has 0 spiro atoms. The maximum absolute atomic E-state index is 11.5. The molecule has 1 rings (SSSR count). The zero-order chi connectivity index (χ0) is 13.5. The molecule has 18 heavy (non-hydrogen) atoms. The summed E-state index contributed by atoms with van der Waals surface area (Å²) in [4.78, 5) is 33.2. The number of amides is 1. The first-order valence-corrected chi connectivity index (χ1v) is 6.10. The SMILES string of the molecule is COC(=O)CCCC(=O)Nc1ccsc1C(=O)O. The lowest BCUT2D eigenvalue weighted by atomic mass is 10.2. The lowest BCUT2D eigenvalue weighted by Gasteiger charge is -2.04. The standard InChI is InChI=1S/C11H13NO5S/c1-17-9(14)4-2-3-8(13)12-7-5-6-18-10(7)11(15)16/h5-6H,2-4H2,1H3,(H,12,13)(H,15,16). The molecule has 0 atom stereocenters. The molecule has 0 saturated carbocycles. The molecule has 0 unspecified atom stereocenters. The fourth-order valence-electron chi connectivity index (χ4n) is 1.28. The number of carbonyl (C=O) groups is 3. The largest absolute Gasteiger partial charge is 0.477 e. The molecule has 0 saturated heterocycles. The molecule has 98 valence electrons. The normalized spacial score (nSPS) is 9.83. The zero-order valence-electron chi connectivity index (χ0n) is 9.76. The predicted octanol–water partition coefficient (Wildman–Crippen LogP) is 1.73. The van der Waals surface area contributed by atoms with Crippen LogP contribution in [0, 0.1) is 0 Å². The minimum Gasteiger partial charge on any atom is -0.477 e. The van der Waals surface area contributed by atoms with Gasteiger partial charge in [-0.05, 0) is 17.9 Å². The Morgan fingerprint density at radius 3 is 2.72 bits per heavy atom. The van der Waals surface area contributed by atoms with Crippen LogP contribution < -0.4 is 5.32 Å². The Morgan fingerprint density at radius 1 is 1.39 bits per heavy atom. The molecule has 1 heterocycles. The van der Waals surface area contributed by atoms with E-state index in [4.69, 9.17) is 5.11 Å². The van der Waals surface area contributed by atoms with Gasteiger partial charge >= 0.3 is 11.9 Å². The second kappa shape index (κ2) is 6.75. The van der Waals surface area contributed by atoms with Gasteiger partial charge in [0.1, 0.15) is 4.88 Å². The van der Waals surface area contributed by atoms with Crippen molar-refractivity contribution in [1.82, 2.24) is 0 Å². The van der Waals surface area contributed by atoms with E-state index in [1.165, 1.54) is 13.2 Å². The van der Waals surface area contributed by atoms with Crippen molar-refractivity contribution < 1.29 is 24.2 Å². The fourth-order valence-corrected chi connectivity index (χ4v) is 1.97. The van der Waals surface area contributed by atoms with Gasteiger partial charge in [-0.1, -0.05) is 0 Å². The van der Waals surface area contributed by atoms with E-state index < -0.39 is 5.97 Å². The number of ether oxygens (including phenoxy) is 1. The first-order chi connectivity index (χ1) is 8.54. The monoisotopic (exact) mass is 271 g/mol. The van der Waals surface area contributed by atoms with Crippen LogP contribution in [-0.2, 0) is 14.3 Å². The Kier molecular flexibility index (Phi) is 5.31. The summed E-state index contributed by atoms with van der Waals surface area (Å²) in [6.07, 6.45) is 0.675. The van der Waals surface area contributed by atoms with Crippen LogP contribution in [0.15, 0.2) is 11.4 Å². The number of hydrogen-bond acceptors (Lipinski definition) is 5. The van der Waals surface area contributed by atoms with Gasteiger partial charge in [-0.3, -0.25) is 9.59 Å². The summed E-state index contributed by atoms with van der Waals surface area (Å²) in [5.41, 5.74) is 0.288. The molecule has 7 heteroatoms. The highest BCUT2D eigenvalue weighted by atomic mass is 32.1. The van der Waals surface area contributed by atoms with Crippen LogP contribution in [0.25, 0.3) is 0 Å². The van der Waals surface area contributed by atoms with Crippen LogP contribution in [0.1, 0.15) is 28.9 Å². The van der Waals surface area contributed by atoms with Gasteiger partial charge in [-0.2, -0.15) is 0 Å². The number of carboxylic acid groups (broad SMARTS) is 1. The number of hydrogen-bond donors (Lipinski definition) is 2. The smallest absolute Gasteiger partial charge is 0.348 e. The van der Waals surface area contributed by atoms with Crippen molar-refractivity contribution in [2.75, 3.05) is 12.4 Å². The summed E-state index contributed by atoms with van der Waals surface area (Å²) in [6.45, 7) is 0. The number of aromatic carboxylic acids is 1. The van der Waals surface area contributed by atoms with Gasteiger partial charge in [0.15, 0.2) is 0 Å². The fraction of sp³-hybridized carbons (Fsp3) is 0.364. The Labute approximate surface area is 108 Å². The first-order valence-electron chi connectivity index (χ1n) is 5.22. The highest BCUT2D eigenvalue weighted by Gasteiger charge is 2.14. The van der Waals surface area contributed by atoms with Crippen molar-refractivity contribution in [3.8, 4) is 0 Å². The third-order valence-electron chi connectivity index (χ3n) is 2.15. The number of nitrogens with one attached hydrogen (secondary N) is 1. The molecule has 0 aliphatic carbocycles. The minimum absolute atomic E-state index is 0.0938. The van der Waals surface area contributed by atoms with Crippen LogP contribution in [0.3, 0.4) is 0 Å². The lowest BCUT2D eigenvalue weighted by Crippen LogP contribution is -2.13. The van der Waals surface area contributed by atoms with Crippen LogP contribution in [0.4, 0.5) is 5.69 Å². The van der Waals surface area contributed by atoms with Gasteiger partial charge in [0.05, 0.1) is 12.8 Å². The molecule has 2 N–H and O–H groups in total. The molecule has 1 aromatic heterocycles. The van der Waals surface area contributed by atoms with E-state index in [9.17, 15) is 14.4 Å². The summed E-state index contributed by atoms with van der Waals surface area (Å²) < 4.78 is 4.44. The number of anilines is 1. The second-order valence-electron chi connectivity index (χ2n) is 3.45. The van der Waals surface area contributed by atoms with Gasteiger partial charge in [-0.15, -0.1) is 11.3 Å². The van der Waals surface area contributed by atoms with Crippen molar-refractivity contribution in [3.05, 3.63) is 16.3 Å². The Hall–Kier alpha value is -1.89. The molecule has 0 bridgehead atoms. The van der Waals surface area contributed by atoms with E-state index in [1.807, 2.05) is 0 Å². The van der Waals surface area contributed by atoms with E-state index in [1.54, 1.807) is 5.38 Å². The second-order valence-corrected chi connectivity index (χ2v) is 4.36. The molecule has 6 nitrogen and oxygen atoms in total. The minimum atomic E-state index is -1.07. The molecule has 0 aromatic carbocycles. The topological polar surface area (TPSA) is 92.7 Å². The number of rotatable bonds is 6. The van der Waals surface area contributed by atoms with Crippen LogP contribution >= 0.6 is 11.3 Å². The molecule has 1 aromatic rings.